The van der Waals surface area contributed by atoms with Gasteiger partial charge in [0.05, 0.1) is 12.2 Å². The molecule has 0 N–H and O–H groups in total. The van der Waals surface area contributed by atoms with Crippen LogP contribution in [0.15, 0.2) is 36.2 Å². The van der Waals surface area contributed by atoms with E-state index in [0.29, 0.717) is 12.0 Å². The Kier molecular flexibility index (Phi) is 3.58. The zero-order valence-electron chi connectivity index (χ0n) is 13.0. The number of allylic oxidation sites excluding steroid dienone is 1. The van der Waals surface area contributed by atoms with Gasteiger partial charge in [-0.3, -0.25) is 0 Å². The number of pyridine rings is 1. The van der Waals surface area contributed by atoms with E-state index < -0.39 is 0 Å². The molecule has 0 amide bonds. The summed E-state index contributed by atoms with van der Waals surface area (Å²) in [4.78, 5) is 0. The Balaban J connectivity index is 1.70. The molecule has 1 saturated heterocycles. The lowest BCUT2D eigenvalue weighted by Crippen LogP contribution is -2.42. The first-order valence-electron chi connectivity index (χ1n) is 8.63. The minimum absolute atomic E-state index is 0.281. The van der Waals surface area contributed by atoms with Crippen LogP contribution in [0.1, 0.15) is 56.6 Å². The van der Waals surface area contributed by atoms with Crippen molar-refractivity contribution in [1.29, 1.82) is 0 Å². The van der Waals surface area contributed by atoms with Crippen LogP contribution >= 0.6 is 0 Å². The van der Waals surface area contributed by atoms with E-state index in [9.17, 15) is 0 Å². The molecule has 2 fully saturated rings. The van der Waals surface area contributed by atoms with Gasteiger partial charge >= 0.3 is 0 Å². The molecule has 3 aliphatic rings. The molecule has 1 aromatic rings. The Morgan fingerprint density at radius 2 is 1.95 bits per heavy atom. The second-order valence-electron chi connectivity index (χ2n) is 7.03. The van der Waals surface area contributed by atoms with Crippen molar-refractivity contribution >= 4 is 0 Å². The minimum atomic E-state index is 0.281. The van der Waals surface area contributed by atoms with Gasteiger partial charge in [-0.2, -0.15) is 0 Å². The fraction of sp³-hybridized carbons (Fsp3) is 0.632. The molecule has 1 aliphatic heterocycles. The molecule has 21 heavy (non-hydrogen) atoms. The molecule has 4 rings (SSSR count). The maximum Gasteiger partial charge on any atom is 0.174 e. The summed E-state index contributed by atoms with van der Waals surface area (Å²) in [5.74, 6) is 1.35. The maximum atomic E-state index is 6.65. The van der Waals surface area contributed by atoms with Gasteiger partial charge in [0, 0.05) is 23.5 Å². The summed E-state index contributed by atoms with van der Waals surface area (Å²) in [6, 6.07) is 4.40. The van der Waals surface area contributed by atoms with Crippen molar-refractivity contribution in [3.8, 4) is 0 Å². The van der Waals surface area contributed by atoms with Gasteiger partial charge < -0.3 is 4.74 Å². The highest BCUT2D eigenvalue weighted by molar-refractivity contribution is 5.25. The third-order valence-electron chi connectivity index (χ3n) is 5.64. The van der Waals surface area contributed by atoms with Gasteiger partial charge in [0.2, 0.25) is 0 Å². The molecule has 2 heteroatoms. The molecule has 0 bridgehead atoms. The zero-order valence-corrected chi connectivity index (χ0v) is 13.0. The lowest BCUT2D eigenvalue weighted by molar-refractivity contribution is -0.672. The molecular formula is C19H26NO+. The van der Waals surface area contributed by atoms with Crippen molar-refractivity contribution in [2.24, 2.45) is 18.9 Å². The quantitative estimate of drug-likeness (QED) is 0.563. The van der Waals surface area contributed by atoms with Crippen molar-refractivity contribution in [2.75, 3.05) is 0 Å². The average molecular weight is 284 g/mol. The van der Waals surface area contributed by atoms with Gasteiger partial charge in [0.25, 0.3) is 0 Å². The van der Waals surface area contributed by atoms with E-state index in [1.807, 2.05) is 0 Å². The zero-order chi connectivity index (χ0) is 14.2. The fourth-order valence-corrected chi connectivity index (χ4v) is 4.69. The van der Waals surface area contributed by atoms with E-state index in [1.165, 1.54) is 50.5 Å². The Labute approximate surface area is 127 Å². The molecule has 0 spiro atoms. The van der Waals surface area contributed by atoms with Crippen LogP contribution in [0.4, 0.5) is 0 Å². The topological polar surface area (TPSA) is 13.1 Å². The molecular weight excluding hydrogens is 258 g/mol. The van der Waals surface area contributed by atoms with Crippen LogP contribution in [0.25, 0.3) is 0 Å². The highest BCUT2D eigenvalue weighted by Gasteiger charge is 2.43. The second kappa shape index (κ2) is 5.57. The van der Waals surface area contributed by atoms with Crippen LogP contribution in [0.3, 0.4) is 0 Å². The summed E-state index contributed by atoms with van der Waals surface area (Å²) >= 11 is 0. The first-order valence-corrected chi connectivity index (χ1v) is 8.63. The van der Waals surface area contributed by atoms with Crippen LogP contribution in [-0.4, -0.2) is 6.10 Å². The molecule has 0 radical (unpaired) electrons. The van der Waals surface area contributed by atoms with Gasteiger partial charge in [-0.25, -0.2) is 4.57 Å². The first kappa shape index (κ1) is 13.5. The molecule has 1 saturated carbocycles. The van der Waals surface area contributed by atoms with E-state index in [1.54, 1.807) is 5.57 Å². The van der Waals surface area contributed by atoms with Crippen LogP contribution in [0.2, 0.25) is 0 Å². The molecule has 112 valence electrons. The summed E-state index contributed by atoms with van der Waals surface area (Å²) in [6.07, 6.45) is 16.9. The molecule has 2 heterocycles. The standard InChI is InChI=1S/C19H26NO/c1-20-12-6-7-14(13-20)19-17-10-3-2-8-15(17)16-9-4-5-11-18(16)21-19/h6-8,12-13,16-19H,2-5,9-11H2,1H3/q+1/t16-,17+,18-,19-/m1/s1. The first-order chi connectivity index (χ1) is 10.3. The molecule has 0 unspecified atom stereocenters. The number of nitrogens with zero attached hydrogens (tertiary/aromatic N) is 1. The largest absolute Gasteiger partial charge is 0.369 e. The molecule has 2 aliphatic carbocycles. The highest BCUT2D eigenvalue weighted by Crippen LogP contribution is 2.50. The average Bonchev–Trinajstić information content (AvgIpc) is 2.54. The summed E-state index contributed by atoms with van der Waals surface area (Å²) in [6.45, 7) is 0. The SMILES string of the molecule is C[n+]1cccc([C@H]2O[C@@H]3CCCC[C@@H]3C3=CCCC[C@@H]32)c1. The number of aromatic nitrogens is 1. The second-order valence-corrected chi connectivity index (χ2v) is 7.03. The van der Waals surface area contributed by atoms with Crippen LogP contribution in [-0.2, 0) is 11.8 Å². The lowest BCUT2D eigenvalue weighted by atomic mass is 9.68. The molecule has 0 aromatic carbocycles. The normalized spacial score (nSPS) is 35.6. The summed E-state index contributed by atoms with van der Waals surface area (Å²) in [5, 5.41) is 0. The van der Waals surface area contributed by atoms with E-state index in [2.05, 4.69) is 42.2 Å². The van der Waals surface area contributed by atoms with Gasteiger partial charge in [-0.05, 0) is 38.2 Å². The Hall–Kier alpha value is -1.15. The van der Waals surface area contributed by atoms with E-state index in [-0.39, 0.29) is 6.10 Å². The van der Waals surface area contributed by atoms with E-state index >= 15 is 0 Å². The molecule has 2 nitrogen and oxygen atoms in total. The van der Waals surface area contributed by atoms with E-state index in [0.717, 1.165) is 5.92 Å². The summed E-state index contributed by atoms with van der Waals surface area (Å²) < 4.78 is 8.80. The number of ether oxygens (including phenoxy) is 1. The monoisotopic (exact) mass is 284 g/mol. The van der Waals surface area contributed by atoms with Crippen molar-refractivity contribution in [1.82, 2.24) is 0 Å². The van der Waals surface area contributed by atoms with Crippen LogP contribution in [0.5, 0.6) is 0 Å². The van der Waals surface area contributed by atoms with E-state index in [4.69, 9.17) is 4.74 Å². The molecule has 4 atom stereocenters. The Morgan fingerprint density at radius 1 is 1.10 bits per heavy atom. The number of hydrogen-bond acceptors (Lipinski definition) is 1. The van der Waals surface area contributed by atoms with Crippen molar-refractivity contribution in [3.05, 3.63) is 41.7 Å². The Morgan fingerprint density at radius 3 is 2.86 bits per heavy atom. The van der Waals surface area contributed by atoms with Crippen molar-refractivity contribution < 1.29 is 9.30 Å². The highest BCUT2D eigenvalue weighted by atomic mass is 16.5. The van der Waals surface area contributed by atoms with Crippen LogP contribution in [0, 0.1) is 11.8 Å². The molecule has 1 aromatic heterocycles. The van der Waals surface area contributed by atoms with Crippen LogP contribution < -0.4 is 4.57 Å². The number of fused-ring (bicyclic) bond motifs is 3. The van der Waals surface area contributed by atoms with Crippen molar-refractivity contribution in [2.45, 2.75) is 57.2 Å². The van der Waals surface area contributed by atoms with Gasteiger partial charge in [-0.1, -0.05) is 24.5 Å². The fourth-order valence-electron chi connectivity index (χ4n) is 4.69. The maximum absolute atomic E-state index is 6.65. The minimum Gasteiger partial charge on any atom is -0.369 e. The predicted molar refractivity (Wildman–Crippen MR) is 82.6 cm³/mol. The lowest BCUT2D eigenvalue weighted by Gasteiger charge is -2.47. The van der Waals surface area contributed by atoms with Gasteiger partial charge in [0.15, 0.2) is 12.4 Å². The summed E-state index contributed by atoms with van der Waals surface area (Å²) in [7, 11) is 2.10. The van der Waals surface area contributed by atoms with Gasteiger partial charge in [0.1, 0.15) is 7.05 Å². The number of aryl methyl sites for hydroxylation is 1. The Bertz CT molecular complexity index is 550. The third kappa shape index (κ3) is 2.44. The number of hydrogen-bond donors (Lipinski definition) is 0. The van der Waals surface area contributed by atoms with Crippen molar-refractivity contribution in [3.63, 3.8) is 0 Å². The summed E-state index contributed by atoms with van der Waals surface area (Å²) in [5.41, 5.74) is 3.11. The smallest absolute Gasteiger partial charge is 0.174 e. The van der Waals surface area contributed by atoms with Gasteiger partial charge in [-0.15, -0.1) is 0 Å². The number of rotatable bonds is 1. The third-order valence-corrected chi connectivity index (χ3v) is 5.64. The predicted octanol–water partition coefficient (Wildman–Crippen LogP) is 3.87.